The minimum Gasteiger partial charge on any atom is -0.0622 e. The van der Waals surface area contributed by atoms with E-state index in [1.54, 1.807) is 0 Å². The molecule has 0 radical (unpaired) electrons. The molecule has 0 bridgehead atoms. The van der Waals surface area contributed by atoms with E-state index in [2.05, 4.69) is 188 Å². The molecule has 0 spiro atoms. The lowest BCUT2D eigenvalue weighted by molar-refractivity contribution is 0.978. The van der Waals surface area contributed by atoms with Gasteiger partial charge in [0.25, 0.3) is 0 Å². The van der Waals surface area contributed by atoms with Gasteiger partial charge in [-0.3, -0.25) is 0 Å². The maximum Gasteiger partial charge on any atom is 0.0339 e. The summed E-state index contributed by atoms with van der Waals surface area (Å²) in [6.07, 6.45) is 0. The van der Waals surface area contributed by atoms with Crippen molar-refractivity contribution in [3.63, 3.8) is 0 Å². The van der Waals surface area contributed by atoms with Crippen molar-refractivity contribution in [2.45, 2.75) is 5.92 Å². The molecule has 0 atom stereocenters. The summed E-state index contributed by atoms with van der Waals surface area (Å²) in [5, 5.41) is 10.3. The molecule has 0 nitrogen and oxygen atoms in total. The molecule has 47 heavy (non-hydrogen) atoms. The van der Waals surface area contributed by atoms with Gasteiger partial charge in [0.05, 0.1) is 0 Å². The molecule has 0 aliphatic carbocycles. The second-order valence-corrected chi connectivity index (χ2v) is 12.4. The summed E-state index contributed by atoms with van der Waals surface area (Å²) in [6, 6.07) is 69.0. The van der Waals surface area contributed by atoms with Crippen molar-refractivity contribution in [1.29, 1.82) is 0 Å². The van der Waals surface area contributed by atoms with E-state index in [9.17, 15) is 0 Å². The van der Waals surface area contributed by atoms with Crippen molar-refractivity contribution in [3.8, 4) is 22.3 Å². The first kappa shape index (κ1) is 27.3. The van der Waals surface area contributed by atoms with Crippen LogP contribution in [0.25, 0.3) is 65.3 Å². The molecule has 0 unspecified atom stereocenters. The molecule has 0 fully saturated rings. The Labute approximate surface area is 275 Å². The van der Waals surface area contributed by atoms with E-state index >= 15 is 0 Å². The topological polar surface area (TPSA) is 0 Å². The average Bonchev–Trinajstić information content (AvgIpc) is 3.16. The molecule has 0 saturated carbocycles. The van der Waals surface area contributed by atoms with Crippen LogP contribution in [0.1, 0.15) is 22.6 Å². The monoisotopic (exact) mass is 596 g/mol. The maximum absolute atomic E-state index is 2.41. The lowest BCUT2D eigenvalue weighted by Gasteiger charge is -2.20. The van der Waals surface area contributed by atoms with Gasteiger partial charge in [-0.05, 0) is 88.1 Å². The Bertz CT molecular complexity index is 2470. The summed E-state index contributed by atoms with van der Waals surface area (Å²) in [6.45, 7) is 0. The van der Waals surface area contributed by atoms with Crippen molar-refractivity contribution >= 4 is 43.1 Å². The van der Waals surface area contributed by atoms with Crippen molar-refractivity contribution < 1.29 is 0 Å². The van der Waals surface area contributed by atoms with Crippen LogP contribution in [0, 0.1) is 0 Å². The molecule has 0 aromatic heterocycles. The lowest BCUT2D eigenvalue weighted by atomic mass is 9.83. The highest BCUT2D eigenvalue weighted by molar-refractivity contribution is 6.26. The van der Waals surface area contributed by atoms with Crippen LogP contribution in [0.2, 0.25) is 0 Å². The molecule has 0 heterocycles. The summed E-state index contributed by atoms with van der Waals surface area (Å²) < 4.78 is 0. The first-order valence-corrected chi connectivity index (χ1v) is 16.4. The van der Waals surface area contributed by atoms with E-state index in [4.69, 9.17) is 0 Å². The van der Waals surface area contributed by atoms with E-state index in [-0.39, 0.29) is 5.92 Å². The predicted molar refractivity (Wildman–Crippen MR) is 201 cm³/mol. The van der Waals surface area contributed by atoms with E-state index < -0.39 is 0 Å². The molecule has 9 aromatic rings. The third-order valence-electron chi connectivity index (χ3n) is 9.78. The number of hydrogen-bond donors (Lipinski definition) is 0. The fourth-order valence-electron chi connectivity index (χ4n) is 7.61. The van der Waals surface area contributed by atoms with Gasteiger partial charge in [-0.15, -0.1) is 0 Å². The van der Waals surface area contributed by atoms with Gasteiger partial charge < -0.3 is 0 Å². The van der Waals surface area contributed by atoms with Crippen LogP contribution in [0.5, 0.6) is 0 Å². The van der Waals surface area contributed by atoms with Gasteiger partial charge in [0.1, 0.15) is 0 Å². The minimum absolute atomic E-state index is 0.169. The van der Waals surface area contributed by atoms with Gasteiger partial charge in [0.2, 0.25) is 0 Å². The molecular weight excluding hydrogens is 565 g/mol. The molecule has 0 N–H and O–H groups in total. The Morgan fingerprint density at radius 1 is 0.277 bits per heavy atom. The highest BCUT2D eigenvalue weighted by Crippen LogP contribution is 2.42. The highest BCUT2D eigenvalue weighted by Gasteiger charge is 2.18. The van der Waals surface area contributed by atoms with Gasteiger partial charge >= 0.3 is 0 Å². The normalized spacial score (nSPS) is 11.6. The molecule has 9 aromatic carbocycles. The first-order valence-electron chi connectivity index (χ1n) is 16.4. The van der Waals surface area contributed by atoms with Gasteiger partial charge in [-0.2, -0.15) is 0 Å². The van der Waals surface area contributed by atoms with Crippen molar-refractivity contribution in [3.05, 3.63) is 205 Å². The lowest BCUT2D eigenvalue weighted by Crippen LogP contribution is -2.03. The zero-order valence-electron chi connectivity index (χ0n) is 26.0. The van der Waals surface area contributed by atoms with Gasteiger partial charge in [0.15, 0.2) is 0 Å². The molecule has 220 valence electrons. The predicted octanol–water partition coefficient (Wildman–Crippen LogP) is 12.8. The summed E-state index contributed by atoms with van der Waals surface area (Å²) in [5.74, 6) is 0.169. The fraction of sp³-hybridized carbons (Fsp3) is 0.0213. The van der Waals surface area contributed by atoms with E-state index in [0.717, 1.165) is 0 Å². The second-order valence-electron chi connectivity index (χ2n) is 12.4. The van der Waals surface area contributed by atoms with E-state index in [1.807, 2.05) is 0 Å². The molecule has 0 heteroatoms. The van der Waals surface area contributed by atoms with E-state index in [1.165, 1.54) is 82.0 Å². The smallest absolute Gasteiger partial charge is 0.0339 e. The van der Waals surface area contributed by atoms with Crippen molar-refractivity contribution in [1.82, 2.24) is 0 Å². The van der Waals surface area contributed by atoms with Crippen LogP contribution in [0.3, 0.4) is 0 Å². The van der Waals surface area contributed by atoms with Crippen LogP contribution < -0.4 is 0 Å². The third kappa shape index (κ3) is 4.69. The van der Waals surface area contributed by atoms with Gasteiger partial charge in [-0.25, -0.2) is 0 Å². The zero-order chi connectivity index (χ0) is 31.2. The van der Waals surface area contributed by atoms with Crippen LogP contribution in [-0.2, 0) is 0 Å². The maximum atomic E-state index is 2.41. The Morgan fingerprint density at radius 2 is 0.723 bits per heavy atom. The van der Waals surface area contributed by atoms with Crippen LogP contribution in [0.4, 0.5) is 0 Å². The second kappa shape index (κ2) is 11.4. The molecule has 0 aliphatic heterocycles. The molecule has 0 amide bonds. The number of hydrogen-bond acceptors (Lipinski definition) is 0. The summed E-state index contributed by atoms with van der Waals surface area (Å²) >= 11 is 0. The zero-order valence-corrected chi connectivity index (χ0v) is 26.0. The number of fused-ring (bicyclic) bond motifs is 7. The standard InChI is InChI=1S/C47H32/c1-3-14-33(15-4-1)46(34-16-5-2-6-17-34)35-23-25-36(26-24-35)47-38-18-8-7-13-32(38)27-29-39(47)37-28-30-44-42-21-10-9-19-40(42)41-20-11-12-22-43(41)45(44)31-37/h1-31,46H. The summed E-state index contributed by atoms with van der Waals surface area (Å²) in [5.41, 5.74) is 8.87. The Kier molecular flexibility index (Phi) is 6.65. The van der Waals surface area contributed by atoms with Gasteiger partial charge in [0, 0.05) is 5.92 Å². The summed E-state index contributed by atoms with van der Waals surface area (Å²) in [7, 11) is 0. The van der Waals surface area contributed by atoms with Crippen molar-refractivity contribution in [2.75, 3.05) is 0 Å². The first-order chi connectivity index (χ1) is 23.3. The number of rotatable bonds is 5. The quantitative estimate of drug-likeness (QED) is 0.137. The SMILES string of the molecule is c1ccc(C(c2ccccc2)c2ccc(-c3c(-c4ccc5c6ccccc6c6ccccc6c5c4)ccc4ccccc34)cc2)cc1. The minimum atomic E-state index is 0.169. The Hall–Kier alpha value is -5.98. The Morgan fingerprint density at radius 3 is 1.32 bits per heavy atom. The van der Waals surface area contributed by atoms with Crippen LogP contribution >= 0.6 is 0 Å². The third-order valence-corrected chi connectivity index (χ3v) is 9.78. The van der Waals surface area contributed by atoms with E-state index in [0.29, 0.717) is 0 Å². The van der Waals surface area contributed by atoms with Crippen LogP contribution in [0.15, 0.2) is 188 Å². The number of benzene rings is 9. The average molecular weight is 597 g/mol. The van der Waals surface area contributed by atoms with Crippen LogP contribution in [-0.4, -0.2) is 0 Å². The van der Waals surface area contributed by atoms with Gasteiger partial charge in [-0.1, -0.05) is 182 Å². The molecule has 9 rings (SSSR count). The summed E-state index contributed by atoms with van der Waals surface area (Å²) in [4.78, 5) is 0. The molecule has 0 aliphatic rings. The molecular formula is C47H32. The Balaban J connectivity index is 1.24. The van der Waals surface area contributed by atoms with Crippen molar-refractivity contribution in [2.24, 2.45) is 0 Å². The largest absolute Gasteiger partial charge is 0.0622 e. The molecule has 0 saturated heterocycles. The fourth-order valence-corrected chi connectivity index (χ4v) is 7.61. The highest BCUT2D eigenvalue weighted by atomic mass is 14.2.